The Bertz CT molecular complexity index is 771. The summed E-state index contributed by atoms with van der Waals surface area (Å²) in [7, 11) is -3.73. The number of benzene rings is 2. The first-order valence-electron chi connectivity index (χ1n) is 5.98. The van der Waals surface area contributed by atoms with Crippen LogP contribution in [-0.2, 0) is 10.0 Å². The summed E-state index contributed by atoms with van der Waals surface area (Å²) in [6.45, 7) is 1.86. The number of rotatable bonds is 4. The van der Waals surface area contributed by atoms with Crippen molar-refractivity contribution in [1.29, 1.82) is 0 Å². The average Bonchev–Trinajstić information content (AvgIpc) is 2.43. The first-order valence-corrected chi connectivity index (χ1v) is 7.85. The maximum atomic E-state index is 12.0. The Morgan fingerprint density at radius 2 is 1.86 bits per heavy atom. The predicted molar refractivity (Wildman–Crippen MR) is 82.2 cm³/mol. The van der Waals surface area contributed by atoms with Crippen LogP contribution in [-0.4, -0.2) is 19.7 Å². The van der Waals surface area contributed by atoms with E-state index < -0.39 is 10.0 Å². The molecule has 0 atom stereocenters. The van der Waals surface area contributed by atoms with Crippen molar-refractivity contribution in [2.75, 3.05) is 0 Å². The van der Waals surface area contributed by atoms with Gasteiger partial charge in [-0.1, -0.05) is 29.3 Å². The van der Waals surface area contributed by atoms with Crippen molar-refractivity contribution in [3.05, 3.63) is 58.6 Å². The van der Waals surface area contributed by atoms with Crippen molar-refractivity contribution in [3.63, 3.8) is 0 Å². The summed E-state index contributed by atoms with van der Waals surface area (Å²) in [6.07, 6.45) is 1.19. The zero-order chi connectivity index (χ0) is 15.5. The highest BCUT2D eigenvalue weighted by atomic mass is 35.5. The molecule has 0 bridgehead atoms. The van der Waals surface area contributed by atoms with Crippen LogP contribution in [0.4, 0.5) is 0 Å². The van der Waals surface area contributed by atoms with Crippen molar-refractivity contribution in [1.82, 2.24) is 4.83 Å². The van der Waals surface area contributed by atoms with Gasteiger partial charge in [-0.05, 0) is 37.3 Å². The van der Waals surface area contributed by atoms with Gasteiger partial charge < -0.3 is 5.11 Å². The lowest BCUT2D eigenvalue weighted by atomic mass is 10.2. The van der Waals surface area contributed by atoms with E-state index in [9.17, 15) is 13.5 Å². The monoisotopic (exact) mass is 324 g/mol. The minimum Gasteiger partial charge on any atom is -0.507 e. The van der Waals surface area contributed by atoms with Crippen molar-refractivity contribution in [2.24, 2.45) is 5.10 Å². The van der Waals surface area contributed by atoms with Crippen LogP contribution in [0.1, 0.15) is 11.1 Å². The Labute approximate surface area is 127 Å². The summed E-state index contributed by atoms with van der Waals surface area (Å²) in [6, 6.07) is 10.8. The summed E-state index contributed by atoms with van der Waals surface area (Å²) < 4.78 is 23.9. The minimum absolute atomic E-state index is 0.0438. The van der Waals surface area contributed by atoms with Crippen LogP contribution in [0.5, 0.6) is 5.75 Å². The van der Waals surface area contributed by atoms with E-state index in [0.717, 1.165) is 5.56 Å². The minimum atomic E-state index is -3.73. The quantitative estimate of drug-likeness (QED) is 0.670. The van der Waals surface area contributed by atoms with Crippen LogP contribution < -0.4 is 4.83 Å². The molecule has 0 aromatic heterocycles. The maximum Gasteiger partial charge on any atom is 0.276 e. The molecule has 0 aliphatic rings. The van der Waals surface area contributed by atoms with E-state index >= 15 is 0 Å². The number of phenols is 1. The van der Waals surface area contributed by atoms with Crippen LogP contribution in [0.3, 0.4) is 0 Å². The van der Waals surface area contributed by atoms with Crippen LogP contribution in [0, 0.1) is 6.92 Å². The number of halogens is 1. The van der Waals surface area contributed by atoms with Gasteiger partial charge in [-0.3, -0.25) is 0 Å². The molecule has 0 aliphatic carbocycles. The molecule has 2 aromatic carbocycles. The van der Waals surface area contributed by atoms with Crippen LogP contribution >= 0.6 is 11.6 Å². The summed E-state index contributed by atoms with van der Waals surface area (Å²) >= 11 is 5.78. The highest BCUT2D eigenvalue weighted by Gasteiger charge is 2.11. The summed E-state index contributed by atoms with van der Waals surface area (Å²) in [5.74, 6) is -0.0438. The second kappa shape index (κ2) is 6.15. The first-order chi connectivity index (χ1) is 9.88. The molecule has 0 saturated carbocycles. The molecule has 5 nitrogen and oxygen atoms in total. The maximum absolute atomic E-state index is 12.0. The Balaban J connectivity index is 2.16. The van der Waals surface area contributed by atoms with Gasteiger partial charge in [-0.2, -0.15) is 13.5 Å². The number of aromatic hydroxyl groups is 1. The highest BCUT2D eigenvalue weighted by molar-refractivity contribution is 7.89. The molecule has 2 aromatic rings. The fraction of sp³-hybridized carbons (Fsp3) is 0.0714. The highest BCUT2D eigenvalue weighted by Crippen LogP contribution is 2.19. The molecule has 7 heteroatoms. The Morgan fingerprint density at radius 1 is 1.19 bits per heavy atom. The normalized spacial score (nSPS) is 11.7. The van der Waals surface area contributed by atoms with Crippen LogP contribution in [0.25, 0.3) is 0 Å². The molecule has 0 saturated heterocycles. The average molecular weight is 325 g/mol. The number of hydrazone groups is 1. The van der Waals surface area contributed by atoms with Gasteiger partial charge in [0.1, 0.15) is 5.75 Å². The van der Waals surface area contributed by atoms with E-state index in [1.54, 1.807) is 12.1 Å². The predicted octanol–water partition coefficient (Wildman–Crippen LogP) is 2.67. The van der Waals surface area contributed by atoms with Crippen LogP contribution in [0.2, 0.25) is 5.02 Å². The van der Waals surface area contributed by atoms with Crippen molar-refractivity contribution in [3.8, 4) is 5.75 Å². The lowest BCUT2D eigenvalue weighted by Crippen LogP contribution is -2.18. The molecule has 0 aliphatic heterocycles. The molecule has 110 valence electrons. The number of hydrogen-bond donors (Lipinski definition) is 2. The number of hydrogen-bond acceptors (Lipinski definition) is 4. The van der Waals surface area contributed by atoms with Crippen molar-refractivity contribution >= 4 is 27.8 Å². The summed E-state index contributed by atoms with van der Waals surface area (Å²) in [4.78, 5) is 2.19. The number of aryl methyl sites for hydroxylation is 1. The molecule has 0 unspecified atom stereocenters. The molecule has 0 radical (unpaired) electrons. The van der Waals surface area contributed by atoms with Gasteiger partial charge in [-0.25, -0.2) is 4.83 Å². The van der Waals surface area contributed by atoms with Crippen molar-refractivity contribution in [2.45, 2.75) is 11.8 Å². The summed E-state index contributed by atoms with van der Waals surface area (Å²) in [5, 5.41) is 13.6. The second-order valence-electron chi connectivity index (χ2n) is 4.37. The van der Waals surface area contributed by atoms with E-state index in [2.05, 4.69) is 9.93 Å². The lowest BCUT2D eigenvalue weighted by Gasteiger charge is -2.04. The molecule has 0 spiro atoms. The van der Waals surface area contributed by atoms with E-state index in [1.165, 1.54) is 36.5 Å². The second-order valence-corrected chi connectivity index (χ2v) is 6.47. The third-order valence-electron chi connectivity index (χ3n) is 2.70. The van der Waals surface area contributed by atoms with Gasteiger partial charge in [0, 0.05) is 10.6 Å². The third kappa shape index (κ3) is 3.96. The van der Waals surface area contributed by atoms with Gasteiger partial charge in [0.25, 0.3) is 10.0 Å². The van der Waals surface area contributed by atoms with E-state index in [4.69, 9.17) is 11.6 Å². The smallest absolute Gasteiger partial charge is 0.276 e. The number of nitrogens with one attached hydrogen (secondary N) is 1. The summed E-state index contributed by atoms with van der Waals surface area (Å²) in [5.41, 5.74) is 1.27. The molecule has 0 fully saturated rings. The molecule has 2 rings (SSSR count). The Kier molecular flexibility index (Phi) is 4.50. The molecule has 0 amide bonds. The Hall–Kier alpha value is -2.05. The molecule has 21 heavy (non-hydrogen) atoms. The van der Waals surface area contributed by atoms with E-state index in [0.29, 0.717) is 10.6 Å². The fourth-order valence-electron chi connectivity index (χ4n) is 1.56. The number of phenolic OH excluding ortho intramolecular Hbond substituents is 1. The standard InChI is InChI=1S/C14H13ClN2O3S/c1-10-2-5-13(6-3-10)21(19,20)17-16-9-11-8-12(15)4-7-14(11)18/h2-9,17-18H,1H3/b16-9-. The molecular weight excluding hydrogens is 312 g/mol. The number of sulfonamides is 1. The first kappa shape index (κ1) is 15.3. The van der Waals surface area contributed by atoms with Gasteiger partial charge in [0.15, 0.2) is 0 Å². The van der Waals surface area contributed by atoms with Crippen LogP contribution in [0.15, 0.2) is 52.5 Å². The fourth-order valence-corrected chi connectivity index (χ4v) is 2.54. The Morgan fingerprint density at radius 3 is 2.52 bits per heavy atom. The lowest BCUT2D eigenvalue weighted by molar-refractivity contribution is 0.474. The zero-order valence-electron chi connectivity index (χ0n) is 11.1. The largest absolute Gasteiger partial charge is 0.507 e. The third-order valence-corrected chi connectivity index (χ3v) is 4.17. The van der Waals surface area contributed by atoms with E-state index in [1.807, 2.05) is 6.92 Å². The van der Waals surface area contributed by atoms with Crippen molar-refractivity contribution < 1.29 is 13.5 Å². The molecule has 2 N–H and O–H groups in total. The molecular formula is C14H13ClN2O3S. The van der Waals surface area contributed by atoms with Gasteiger partial charge in [0.05, 0.1) is 11.1 Å². The molecule has 0 heterocycles. The SMILES string of the molecule is Cc1ccc(S(=O)(=O)N/N=C\c2cc(Cl)ccc2O)cc1. The van der Waals surface area contributed by atoms with Gasteiger partial charge in [-0.15, -0.1) is 0 Å². The number of nitrogens with zero attached hydrogens (tertiary/aromatic N) is 1. The topological polar surface area (TPSA) is 78.8 Å². The van der Waals surface area contributed by atoms with Gasteiger partial charge in [0.2, 0.25) is 0 Å². The zero-order valence-corrected chi connectivity index (χ0v) is 12.7. The van der Waals surface area contributed by atoms with Gasteiger partial charge >= 0.3 is 0 Å². The van der Waals surface area contributed by atoms with E-state index in [-0.39, 0.29) is 10.6 Å².